The molecular formula is C13H13N3O2S. The van der Waals surface area contributed by atoms with E-state index >= 15 is 0 Å². The van der Waals surface area contributed by atoms with Gasteiger partial charge in [-0.2, -0.15) is 0 Å². The van der Waals surface area contributed by atoms with Gasteiger partial charge in [0.2, 0.25) is 0 Å². The van der Waals surface area contributed by atoms with E-state index in [2.05, 4.69) is 10.5 Å². The fraction of sp³-hybridized carbons (Fsp3) is 0.0769. The third-order valence-corrected chi connectivity index (χ3v) is 3.61. The minimum atomic E-state index is -0.163. The van der Waals surface area contributed by atoms with Gasteiger partial charge in [0, 0.05) is 11.3 Å². The fourth-order valence-electron chi connectivity index (χ4n) is 1.61. The standard InChI is InChI=1S/C13H13N3O2S/c1-8-5-6-19-11(8)13(17)15-10-4-2-3-9(7-10)12(14)16-18/h2-7,18H,1H3,(H2,14,16)(H,15,17). The SMILES string of the molecule is Cc1ccsc1C(=O)Nc1cccc(/C(N)=N/O)c1. The van der Waals surface area contributed by atoms with Crippen molar-refractivity contribution in [1.29, 1.82) is 0 Å². The predicted octanol–water partition coefficient (Wildman–Crippen LogP) is 2.40. The van der Waals surface area contributed by atoms with Crippen molar-refractivity contribution in [2.24, 2.45) is 10.9 Å². The average Bonchev–Trinajstić information content (AvgIpc) is 2.84. The van der Waals surface area contributed by atoms with Crippen LogP contribution in [0.1, 0.15) is 20.8 Å². The van der Waals surface area contributed by atoms with Crippen LogP contribution in [0.3, 0.4) is 0 Å². The molecule has 19 heavy (non-hydrogen) atoms. The van der Waals surface area contributed by atoms with Crippen LogP contribution >= 0.6 is 11.3 Å². The first-order valence-corrected chi connectivity index (χ1v) is 6.43. The number of anilines is 1. The van der Waals surface area contributed by atoms with Crippen molar-refractivity contribution in [1.82, 2.24) is 0 Å². The van der Waals surface area contributed by atoms with Crippen LogP contribution in [0.15, 0.2) is 40.9 Å². The summed E-state index contributed by atoms with van der Waals surface area (Å²) in [5.41, 5.74) is 7.59. The molecule has 0 aliphatic heterocycles. The van der Waals surface area contributed by atoms with Gasteiger partial charge in [-0.15, -0.1) is 11.3 Å². The summed E-state index contributed by atoms with van der Waals surface area (Å²) in [4.78, 5) is 12.7. The number of carbonyl (C=O) groups excluding carboxylic acids is 1. The Bertz CT molecular complexity index is 634. The van der Waals surface area contributed by atoms with Gasteiger partial charge in [-0.25, -0.2) is 0 Å². The molecule has 0 bridgehead atoms. The lowest BCUT2D eigenvalue weighted by Crippen LogP contribution is -2.15. The van der Waals surface area contributed by atoms with Crippen LogP contribution in [0, 0.1) is 6.92 Å². The summed E-state index contributed by atoms with van der Waals surface area (Å²) in [7, 11) is 0. The highest BCUT2D eigenvalue weighted by Crippen LogP contribution is 2.18. The second kappa shape index (κ2) is 5.53. The van der Waals surface area contributed by atoms with Crippen LogP contribution in [-0.4, -0.2) is 17.0 Å². The van der Waals surface area contributed by atoms with Crippen molar-refractivity contribution >= 4 is 28.8 Å². The number of nitrogens with zero attached hydrogens (tertiary/aromatic N) is 1. The number of hydrogen-bond donors (Lipinski definition) is 3. The number of nitrogens with two attached hydrogens (primary N) is 1. The monoisotopic (exact) mass is 275 g/mol. The van der Waals surface area contributed by atoms with Crippen molar-refractivity contribution in [2.75, 3.05) is 5.32 Å². The number of thiophene rings is 1. The number of nitrogens with one attached hydrogen (secondary N) is 1. The molecule has 5 nitrogen and oxygen atoms in total. The number of rotatable bonds is 3. The van der Waals surface area contributed by atoms with Gasteiger partial charge in [-0.1, -0.05) is 17.3 Å². The Morgan fingerprint density at radius 2 is 2.21 bits per heavy atom. The molecule has 0 aliphatic rings. The van der Waals surface area contributed by atoms with E-state index in [0.717, 1.165) is 5.56 Å². The number of amidine groups is 1. The molecule has 1 aromatic carbocycles. The van der Waals surface area contributed by atoms with E-state index in [1.807, 2.05) is 18.4 Å². The summed E-state index contributed by atoms with van der Waals surface area (Å²) in [5.74, 6) is -0.160. The van der Waals surface area contributed by atoms with E-state index in [0.29, 0.717) is 16.1 Å². The summed E-state index contributed by atoms with van der Waals surface area (Å²) in [6.45, 7) is 1.89. The molecule has 1 amide bonds. The van der Waals surface area contributed by atoms with Gasteiger partial charge in [-0.05, 0) is 36.1 Å². The van der Waals surface area contributed by atoms with Gasteiger partial charge in [0.25, 0.3) is 5.91 Å². The Morgan fingerprint density at radius 3 is 2.84 bits per heavy atom. The normalized spacial score (nSPS) is 11.3. The van der Waals surface area contributed by atoms with Crippen molar-refractivity contribution in [2.45, 2.75) is 6.92 Å². The molecule has 98 valence electrons. The summed E-state index contributed by atoms with van der Waals surface area (Å²) < 4.78 is 0. The quantitative estimate of drug-likeness (QED) is 0.348. The molecule has 0 unspecified atom stereocenters. The van der Waals surface area contributed by atoms with E-state index < -0.39 is 0 Å². The topological polar surface area (TPSA) is 87.7 Å². The Labute approximate surface area is 114 Å². The number of benzene rings is 1. The summed E-state index contributed by atoms with van der Waals surface area (Å²) >= 11 is 1.39. The molecule has 0 saturated heterocycles. The van der Waals surface area contributed by atoms with E-state index in [1.165, 1.54) is 11.3 Å². The van der Waals surface area contributed by atoms with E-state index in [1.54, 1.807) is 24.3 Å². The summed E-state index contributed by atoms with van der Waals surface area (Å²) in [6.07, 6.45) is 0. The molecule has 0 atom stereocenters. The number of oxime groups is 1. The zero-order valence-electron chi connectivity index (χ0n) is 10.3. The molecule has 0 fully saturated rings. The molecule has 2 rings (SSSR count). The van der Waals surface area contributed by atoms with Gasteiger partial charge in [0.1, 0.15) is 0 Å². The fourth-order valence-corrected chi connectivity index (χ4v) is 2.43. The van der Waals surface area contributed by atoms with Crippen LogP contribution < -0.4 is 11.1 Å². The molecule has 0 saturated carbocycles. The Morgan fingerprint density at radius 1 is 1.42 bits per heavy atom. The molecule has 2 aromatic rings. The number of aryl methyl sites for hydroxylation is 1. The molecule has 6 heteroatoms. The van der Waals surface area contributed by atoms with Crippen molar-refractivity contribution in [3.63, 3.8) is 0 Å². The van der Waals surface area contributed by atoms with Crippen LogP contribution in [0.5, 0.6) is 0 Å². The van der Waals surface area contributed by atoms with E-state index in [4.69, 9.17) is 10.9 Å². The van der Waals surface area contributed by atoms with E-state index in [-0.39, 0.29) is 11.7 Å². The maximum Gasteiger partial charge on any atom is 0.265 e. The lowest BCUT2D eigenvalue weighted by molar-refractivity contribution is 0.103. The molecule has 0 spiro atoms. The van der Waals surface area contributed by atoms with Crippen molar-refractivity contribution < 1.29 is 10.0 Å². The highest BCUT2D eigenvalue weighted by Gasteiger charge is 2.11. The molecule has 0 radical (unpaired) electrons. The summed E-state index contributed by atoms with van der Waals surface area (Å²) in [6, 6.07) is 8.71. The average molecular weight is 275 g/mol. The van der Waals surface area contributed by atoms with Gasteiger partial charge in [0.05, 0.1) is 4.88 Å². The first-order valence-electron chi connectivity index (χ1n) is 5.55. The van der Waals surface area contributed by atoms with E-state index in [9.17, 15) is 4.79 Å². The zero-order valence-corrected chi connectivity index (χ0v) is 11.1. The second-order valence-electron chi connectivity index (χ2n) is 3.95. The number of hydrogen-bond acceptors (Lipinski definition) is 4. The lowest BCUT2D eigenvalue weighted by atomic mass is 10.2. The molecule has 4 N–H and O–H groups in total. The Kier molecular flexibility index (Phi) is 3.82. The Hall–Kier alpha value is -2.34. The van der Waals surface area contributed by atoms with Crippen LogP contribution in [0.2, 0.25) is 0 Å². The highest BCUT2D eigenvalue weighted by atomic mass is 32.1. The maximum atomic E-state index is 12.0. The first-order chi connectivity index (χ1) is 9.11. The largest absolute Gasteiger partial charge is 0.409 e. The summed E-state index contributed by atoms with van der Waals surface area (Å²) in [5, 5.41) is 16.2. The van der Waals surface area contributed by atoms with Crippen molar-refractivity contribution in [3.05, 3.63) is 51.7 Å². The minimum Gasteiger partial charge on any atom is -0.409 e. The lowest BCUT2D eigenvalue weighted by Gasteiger charge is -2.06. The molecule has 1 heterocycles. The zero-order chi connectivity index (χ0) is 13.8. The number of carbonyl (C=O) groups is 1. The number of amides is 1. The third kappa shape index (κ3) is 2.92. The highest BCUT2D eigenvalue weighted by molar-refractivity contribution is 7.12. The van der Waals surface area contributed by atoms with Gasteiger partial charge in [-0.3, -0.25) is 4.79 Å². The predicted molar refractivity (Wildman–Crippen MR) is 76.0 cm³/mol. The van der Waals surface area contributed by atoms with Crippen molar-refractivity contribution in [3.8, 4) is 0 Å². The molecular weight excluding hydrogens is 262 g/mol. The third-order valence-electron chi connectivity index (χ3n) is 2.59. The molecule has 1 aromatic heterocycles. The smallest absolute Gasteiger partial charge is 0.265 e. The van der Waals surface area contributed by atoms with Crippen LogP contribution in [0.4, 0.5) is 5.69 Å². The van der Waals surface area contributed by atoms with Gasteiger partial charge in [0.15, 0.2) is 5.84 Å². The van der Waals surface area contributed by atoms with Gasteiger partial charge < -0.3 is 16.3 Å². The van der Waals surface area contributed by atoms with Crippen LogP contribution in [-0.2, 0) is 0 Å². The molecule has 0 aliphatic carbocycles. The minimum absolute atomic E-state index is 0.00315. The van der Waals surface area contributed by atoms with Gasteiger partial charge >= 0.3 is 0 Å². The second-order valence-corrected chi connectivity index (χ2v) is 4.87. The maximum absolute atomic E-state index is 12.0. The van der Waals surface area contributed by atoms with Crippen LogP contribution in [0.25, 0.3) is 0 Å². The first kappa shape index (κ1) is 13.1. The Balaban J connectivity index is 2.20.